The third kappa shape index (κ3) is 8.87. The summed E-state index contributed by atoms with van der Waals surface area (Å²) in [6.07, 6.45) is 0.268. The van der Waals surface area contributed by atoms with Crippen molar-refractivity contribution in [3.8, 4) is 28.2 Å². The predicted octanol–water partition coefficient (Wildman–Crippen LogP) is 6.28. The molecule has 3 N–H and O–H groups in total. The molecule has 0 bridgehead atoms. The number of nitrogens with two attached hydrogens (primary N) is 1. The maximum absolute atomic E-state index is 13.3. The summed E-state index contributed by atoms with van der Waals surface area (Å²) in [4.78, 5) is 26.0. The Morgan fingerprint density at radius 1 is 0.915 bits per heavy atom. The summed E-state index contributed by atoms with van der Waals surface area (Å²) >= 11 is 0. The molecule has 0 spiro atoms. The van der Waals surface area contributed by atoms with Gasteiger partial charge in [0.1, 0.15) is 17.1 Å². The zero-order chi connectivity index (χ0) is 33.8. The summed E-state index contributed by atoms with van der Waals surface area (Å²) < 4.78 is 45.3. The number of furan rings is 1. The van der Waals surface area contributed by atoms with E-state index in [0.717, 1.165) is 27.7 Å². The third-order valence-corrected chi connectivity index (χ3v) is 8.29. The Bertz CT molecular complexity index is 1980. The summed E-state index contributed by atoms with van der Waals surface area (Å²) in [5.41, 5.74) is 10.4. The largest absolute Gasteiger partial charge is 0.748 e. The maximum atomic E-state index is 13.3. The summed E-state index contributed by atoms with van der Waals surface area (Å²) in [5, 5.41) is 3.49. The smallest absolute Gasteiger partial charge is 0.251 e. The highest BCUT2D eigenvalue weighted by molar-refractivity contribution is 7.85. The summed E-state index contributed by atoms with van der Waals surface area (Å²) in [6, 6.07) is 29.6. The number of fused-ring (bicyclic) bond motifs is 1. The molecule has 10 heteroatoms. The lowest BCUT2D eigenvalue weighted by atomic mass is 9.88. The zero-order valence-corrected chi connectivity index (χ0v) is 27.3. The lowest BCUT2D eigenvalue weighted by Crippen LogP contribution is -2.29. The van der Waals surface area contributed by atoms with Gasteiger partial charge in [0.2, 0.25) is 5.91 Å². The van der Waals surface area contributed by atoms with Crippen LogP contribution in [0.25, 0.3) is 33.4 Å². The Balaban J connectivity index is 1.48. The van der Waals surface area contributed by atoms with Crippen LogP contribution in [0.4, 0.5) is 0 Å². The van der Waals surface area contributed by atoms with Gasteiger partial charge in [-0.2, -0.15) is 0 Å². The minimum absolute atomic E-state index is 0.00543. The van der Waals surface area contributed by atoms with Gasteiger partial charge < -0.3 is 24.8 Å². The lowest BCUT2D eigenvalue weighted by Gasteiger charge is -2.20. The normalized spacial score (nSPS) is 12.5. The minimum Gasteiger partial charge on any atom is -0.748 e. The standard InChI is InChI=1S/C37H38N2O7S/c1-37(2,3)23-45-29-14-12-25(13-15-29)32(35(38)40)20-24-11-16-30(36(41)39-17-18-47(42,43)44)31(19-24)26-8-6-9-27(21-26)34-22-28-7-4-5-10-33(28)46-34/h4-16,19,21-22,32H,17-18,20,23H2,1-3H3,(H2,38,40)(H,39,41)(H,42,43,44)/p-1. The van der Waals surface area contributed by atoms with Gasteiger partial charge in [-0.3, -0.25) is 9.59 Å². The molecule has 47 heavy (non-hydrogen) atoms. The molecule has 9 nitrogen and oxygen atoms in total. The van der Waals surface area contributed by atoms with Crippen molar-refractivity contribution in [2.24, 2.45) is 11.1 Å². The van der Waals surface area contributed by atoms with Crippen LogP contribution < -0.4 is 15.8 Å². The van der Waals surface area contributed by atoms with Crippen LogP contribution in [0.15, 0.2) is 101 Å². The molecule has 4 aromatic carbocycles. The second-order valence-electron chi connectivity index (χ2n) is 12.7. The fraction of sp³-hybridized carbons (Fsp3) is 0.243. The fourth-order valence-corrected chi connectivity index (χ4v) is 5.57. The molecule has 0 aliphatic heterocycles. The molecule has 1 atom stereocenters. The van der Waals surface area contributed by atoms with Gasteiger partial charge in [0.25, 0.3) is 5.91 Å². The second-order valence-corrected chi connectivity index (χ2v) is 14.2. The number of hydrogen-bond donors (Lipinski definition) is 2. The quantitative estimate of drug-likeness (QED) is 0.150. The van der Waals surface area contributed by atoms with Crippen LogP contribution in [0, 0.1) is 5.41 Å². The number of rotatable bonds is 12. The highest BCUT2D eigenvalue weighted by Gasteiger charge is 2.22. The van der Waals surface area contributed by atoms with Crippen LogP contribution >= 0.6 is 0 Å². The second kappa shape index (κ2) is 13.8. The number of carbonyl (C=O) groups is 2. The van der Waals surface area contributed by atoms with E-state index in [9.17, 15) is 22.6 Å². The highest BCUT2D eigenvalue weighted by Crippen LogP contribution is 2.34. The molecule has 0 aliphatic rings. The molecule has 1 heterocycles. The van der Waals surface area contributed by atoms with Gasteiger partial charge in [0.05, 0.1) is 28.4 Å². The predicted molar refractivity (Wildman–Crippen MR) is 181 cm³/mol. The zero-order valence-electron chi connectivity index (χ0n) is 26.5. The monoisotopic (exact) mass is 653 g/mol. The first-order valence-electron chi connectivity index (χ1n) is 15.2. The molecule has 1 aromatic heterocycles. The van der Waals surface area contributed by atoms with Gasteiger partial charge in [-0.05, 0) is 70.5 Å². The van der Waals surface area contributed by atoms with Gasteiger partial charge in [0, 0.05) is 23.1 Å². The number of carbonyl (C=O) groups excluding carboxylic acids is 2. The van der Waals surface area contributed by atoms with Crippen molar-refractivity contribution in [3.63, 3.8) is 0 Å². The first-order valence-corrected chi connectivity index (χ1v) is 16.8. The van der Waals surface area contributed by atoms with E-state index >= 15 is 0 Å². The van der Waals surface area contributed by atoms with Crippen molar-refractivity contribution in [2.45, 2.75) is 33.1 Å². The average molecular weight is 654 g/mol. The van der Waals surface area contributed by atoms with E-state index in [1.807, 2.05) is 84.9 Å². The van der Waals surface area contributed by atoms with Gasteiger partial charge in [-0.25, -0.2) is 8.42 Å². The van der Waals surface area contributed by atoms with Crippen LogP contribution in [0.3, 0.4) is 0 Å². The molecular weight excluding hydrogens is 616 g/mol. The molecule has 5 aromatic rings. The molecule has 1 unspecified atom stereocenters. The van der Waals surface area contributed by atoms with E-state index in [0.29, 0.717) is 29.2 Å². The number of ether oxygens (including phenoxy) is 1. The molecule has 0 saturated carbocycles. The van der Waals surface area contributed by atoms with Crippen LogP contribution in [-0.4, -0.2) is 43.7 Å². The van der Waals surface area contributed by atoms with Gasteiger partial charge in [-0.1, -0.05) is 81.4 Å². The molecular formula is C37H37N2O7S-. The number of hydrogen-bond acceptors (Lipinski definition) is 7. The van der Waals surface area contributed by atoms with Crippen molar-refractivity contribution in [2.75, 3.05) is 18.9 Å². The van der Waals surface area contributed by atoms with Crippen molar-refractivity contribution in [1.82, 2.24) is 5.32 Å². The summed E-state index contributed by atoms with van der Waals surface area (Å²) in [7, 11) is -4.51. The fourth-order valence-electron chi connectivity index (χ4n) is 5.22. The van der Waals surface area contributed by atoms with Crippen molar-refractivity contribution in [1.29, 1.82) is 0 Å². The van der Waals surface area contributed by atoms with E-state index in [2.05, 4.69) is 26.1 Å². The van der Waals surface area contributed by atoms with Crippen LogP contribution in [0.2, 0.25) is 0 Å². The average Bonchev–Trinajstić information content (AvgIpc) is 3.46. The van der Waals surface area contributed by atoms with Crippen LogP contribution in [-0.2, 0) is 21.3 Å². The molecule has 0 fully saturated rings. The summed E-state index contributed by atoms with van der Waals surface area (Å²) in [5.74, 6) is -1.07. The van der Waals surface area contributed by atoms with Gasteiger partial charge in [0.15, 0.2) is 0 Å². The first kappa shape index (κ1) is 33.4. The highest BCUT2D eigenvalue weighted by atomic mass is 32.2. The molecule has 2 amide bonds. The Kier molecular flexibility index (Phi) is 9.83. The van der Waals surface area contributed by atoms with E-state index in [-0.39, 0.29) is 23.9 Å². The van der Waals surface area contributed by atoms with Gasteiger partial charge in [-0.15, -0.1) is 0 Å². The van der Waals surface area contributed by atoms with Crippen molar-refractivity contribution in [3.05, 3.63) is 114 Å². The number of amides is 2. The number of primary amides is 1. The van der Waals surface area contributed by atoms with Crippen LogP contribution in [0.1, 0.15) is 48.2 Å². The van der Waals surface area contributed by atoms with Gasteiger partial charge >= 0.3 is 0 Å². The lowest BCUT2D eigenvalue weighted by molar-refractivity contribution is -0.119. The molecule has 5 rings (SSSR count). The summed E-state index contributed by atoms with van der Waals surface area (Å²) in [6.45, 7) is 6.46. The van der Waals surface area contributed by atoms with E-state index in [1.165, 1.54) is 0 Å². The number of nitrogens with one attached hydrogen (secondary N) is 1. The maximum Gasteiger partial charge on any atom is 0.251 e. The molecule has 0 aliphatic carbocycles. The minimum atomic E-state index is -4.51. The van der Waals surface area contributed by atoms with Crippen LogP contribution in [0.5, 0.6) is 5.75 Å². The Morgan fingerprint density at radius 3 is 2.32 bits per heavy atom. The Hall–Kier alpha value is -4.93. The SMILES string of the molecule is CC(C)(C)COc1ccc(C(Cc2ccc(C(=O)NCCS(=O)(=O)[O-])c(-c3cccc(-c4cc5ccccc5o4)c3)c2)C(N)=O)cc1. The van der Waals surface area contributed by atoms with E-state index in [1.54, 1.807) is 12.1 Å². The Morgan fingerprint density at radius 2 is 1.64 bits per heavy atom. The molecule has 0 radical (unpaired) electrons. The molecule has 0 saturated heterocycles. The molecule has 244 valence electrons. The number of para-hydroxylation sites is 1. The number of benzene rings is 4. The Labute approximate surface area is 274 Å². The topological polar surface area (TPSA) is 152 Å². The third-order valence-electron chi connectivity index (χ3n) is 7.59. The van der Waals surface area contributed by atoms with E-state index < -0.39 is 33.6 Å². The first-order chi connectivity index (χ1) is 22.3. The van der Waals surface area contributed by atoms with Crippen molar-refractivity contribution >= 4 is 32.9 Å². The van der Waals surface area contributed by atoms with Crippen molar-refractivity contribution < 1.29 is 31.7 Å². The van der Waals surface area contributed by atoms with E-state index in [4.69, 9.17) is 14.9 Å².